The Bertz CT molecular complexity index is 950. The molecule has 1 unspecified atom stereocenters. The molecule has 9 heteroatoms. The van der Waals surface area contributed by atoms with Crippen molar-refractivity contribution in [1.82, 2.24) is 9.80 Å². The van der Waals surface area contributed by atoms with Crippen LogP contribution in [0.4, 0.5) is 5.69 Å². The zero-order chi connectivity index (χ0) is 22.4. The number of aliphatic hydroxyl groups is 1. The van der Waals surface area contributed by atoms with E-state index in [9.17, 15) is 19.5 Å². The quantitative estimate of drug-likeness (QED) is 0.679. The average Bonchev–Trinajstić information content (AvgIpc) is 2.74. The van der Waals surface area contributed by atoms with Gasteiger partial charge in [-0.2, -0.15) is 0 Å². The monoisotopic (exact) mass is 445 g/mol. The molecular weight excluding hydrogens is 422 g/mol. The first-order chi connectivity index (χ1) is 14.8. The minimum absolute atomic E-state index is 0.0478. The van der Waals surface area contributed by atoms with Crippen molar-refractivity contribution < 1.29 is 24.2 Å². The summed E-state index contributed by atoms with van der Waals surface area (Å²) in [7, 11) is 0. The molecule has 3 rings (SSSR count). The summed E-state index contributed by atoms with van der Waals surface area (Å²) in [5.74, 6) is -0.274. The number of carbonyl (C=O) groups is 3. The molecule has 2 aromatic rings. The highest BCUT2D eigenvalue weighted by molar-refractivity contribution is 6.30. The average molecular weight is 446 g/mol. The summed E-state index contributed by atoms with van der Waals surface area (Å²) in [6.07, 6.45) is -0.923. The Balaban J connectivity index is 1.50. The van der Waals surface area contributed by atoms with Gasteiger partial charge in [0.05, 0.1) is 12.2 Å². The van der Waals surface area contributed by atoms with Crippen molar-refractivity contribution in [3.05, 3.63) is 59.1 Å². The molecule has 0 aliphatic carbocycles. The lowest BCUT2D eigenvalue weighted by molar-refractivity contribution is -0.136. The van der Waals surface area contributed by atoms with Gasteiger partial charge in [0.25, 0.3) is 5.91 Å². The molecule has 3 amide bonds. The molecule has 2 N–H and O–H groups in total. The van der Waals surface area contributed by atoms with Gasteiger partial charge in [-0.05, 0) is 36.4 Å². The smallest absolute Gasteiger partial charge is 0.254 e. The van der Waals surface area contributed by atoms with Crippen LogP contribution in [0.5, 0.6) is 5.75 Å². The van der Waals surface area contributed by atoms with Gasteiger partial charge in [0.2, 0.25) is 11.8 Å². The second-order valence-corrected chi connectivity index (χ2v) is 7.65. The molecule has 0 bridgehead atoms. The van der Waals surface area contributed by atoms with Gasteiger partial charge in [-0.1, -0.05) is 23.7 Å². The predicted molar refractivity (Wildman–Crippen MR) is 116 cm³/mol. The summed E-state index contributed by atoms with van der Waals surface area (Å²) < 4.78 is 5.63. The molecule has 164 valence electrons. The zero-order valence-electron chi connectivity index (χ0n) is 17.1. The van der Waals surface area contributed by atoms with Crippen molar-refractivity contribution in [1.29, 1.82) is 0 Å². The highest BCUT2D eigenvalue weighted by Gasteiger charge is 2.29. The van der Waals surface area contributed by atoms with Crippen LogP contribution in [-0.2, 0) is 9.59 Å². The first-order valence-corrected chi connectivity index (χ1v) is 10.2. The number of β-amino-alcohol motifs (C(OH)–C–C–N with tert-alkyl or cyclic N) is 1. The van der Waals surface area contributed by atoms with Crippen LogP contribution in [0, 0.1) is 0 Å². The second-order valence-electron chi connectivity index (χ2n) is 7.22. The van der Waals surface area contributed by atoms with Crippen molar-refractivity contribution >= 4 is 35.0 Å². The molecule has 1 atom stereocenters. The number of nitrogens with one attached hydrogen (secondary N) is 1. The molecule has 8 nitrogen and oxygen atoms in total. The Hall–Kier alpha value is -3.10. The van der Waals surface area contributed by atoms with Crippen LogP contribution in [0.3, 0.4) is 0 Å². The molecule has 0 spiro atoms. The van der Waals surface area contributed by atoms with E-state index in [-0.39, 0.29) is 37.4 Å². The number of ether oxygens (including phenoxy) is 1. The van der Waals surface area contributed by atoms with Gasteiger partial charge in [0.1, 0.15) is 25.0 Å². The Kier molecular flexibility index (Phi) is 7.49. The standard InChI is InChI=1S/C22H24ClN3O5/c1-15(27)24-19-4-2-3-5-20(19)31-14-18(28)12-25-10-11-26(13-21(25)29)22(30)16-6-8-17(23)9-7-16/h2-9,18,28H,10-14H2,1H3,(H,24,27). The fraction of sp³-hybridized carbons (Fsp3) is 0.318. The molecule has 1 aliphatic heterocycles. The summed E-state index contributed by atoms with van der Waals surface area (Å²) in [6.45, 7) is 2.07. The van der Waals surface area contributed by atoms with Crippen LogP contribution in [0.25, 0.3) is 0 Å². The van der Waals surface area contributed by atoms with E-state index < -0.39 is 6.10 Å². The minimum atomic E-state index is -0.923. The number of nitrogens with zero attached hydrogens (tertiary/aromatic N) is 2. The van der Waals surface area contributed by atoms with Crippen LogP contribution >= 0.6 is 11.6 Å². The number of aliphatic hydroxyl groups excluding tert-OH is 1. The van der Waals surface area contributed by atoms with Crippen molar-refractivity contribution in [3.63, 3.8) is 0 Å². The number of halogens is 1. The third kappa shape index (κ3) is 6.19. The van der Waals surface area contributed by atoms with Gasteiger partial charge < -0.3 is 25.0 Å². The highest BCUT2D eigenvalue weighted by Crippen LogP contribution is 2.24. The number of hydrogen-bond acceptors (Lipinski definition) is 5. The Morgan fingerprint density at radius 1 is 1.16 bits per heavy atom. The third-order valence-corrected chi connectivity index (χ3v) is 5.01. The van der Waals surface area contributed by atoms with E-state index in [1.165, 1.54) is 16.7 Å². The Labute approximate surface area is 185 Å². The van der Waals surface area contributed by atoms with E-state index >= 15 is 0 Å². The topological polar surface area (TPSA) is 99.2 Å². The largest absolute Gasteiger partial charge is 0.489 e. The maximum absolute atomic E-state index is 12.6. The van der Waals surface area contributed by atoms with Gasteiger partial charge in [0.15, 0.2) is 0 Å². The van der Waals surface area contributed by atoms with E-state index in [1.807, 2.05) is 0 Å². The number of para-hydroxylation sites is 2. The van der Waals surface area contributed by atoms with E-state index in [2.05, 4.69) is 5.32 Å². The molecule has 0 saturated carbocycles. The highest BCUT2D eigenvalue weighted by atomic mass is 35.5. The fourth-order valence-corrected chi connectivity index (χ4v) is 3.35. The van der Waals surface area contributed by atoms with Gasteiger partial charge in [0, 0.05) is 30.6 Å². The summed E-state index contributed by atoms with van der Waals surface area (Å²) in [4.78, 5) is 39.3. The number of rotatable bonds is 7. The van der Waals surface area contributed by atoms with Gasteiger partial charge >= 0.3 is 0 Å². The van der Waals surface area contributed by atoms with E-state index in [0.717, 1.165) is 0 Å². The van der Waals surface area contributed by atoms with Crippen molar-refractivity contribution in [2.24, 2.45) is 0 Å². The van der Waals surface area contributed by atoms with Gasteiger partial charge in [-0.3, -0.25) is 14.4 Å². The molecule has 1 saturated heterocycles. The Morgan fingerprint density at radius 3 is 2.55 bits per heavy atom. The number of anilines is 1. The summed E-state index contributed by atoms with van der Waals surface area (Å²) in [6, 6.07) is 13.4. The minimum Gasteiger partial charge on any atom is -0.489 e. The van der Waals surface area contributed by atoms with Crippen molar-refractivity contribution in [2.75, 3.05) is 38.1 Å². The number of amides is 3. The normalized spacial score (nSPS) is 14.9. The van der Waals surface area contributed by atoms with Crippen LogP contribution in [0.15, 0.2) is 48.5 Å². The lowest BCUT2D eigenvalue weighted by atomic mass is 10.1. The molecule has 1 aliphatic rings. The molecular formula is C22H24ClN3O5. The van der Waals surface area contributed by atoms with Crippen LogP contribution in [0.2, 0.25) is 5.02 Å². The van der Waals surface area contributed by atoms with Gasteiger partial charge in [-0.15, -0.1) is 0 Å². The van der Waals surface area contributed by atoms with E-state index in [4.69, 9.17) is 16.3 Å². The van der Waals surface area contributed by atoms with E-state index in [1.54, 1.807) is 48.5 Å². The lowest BCUT2D eigenvalue weighted by Crippen LogP contribution is -2.54. The number of benzene rings is 2. The number of carbonyl (C=O) groups excluding carboxylic acids is 3. The van der Waals surface area contributed by atoms with Gasteiger partial charge in [-0.25, -0.2) is 0 Å². The zero-order valence-corrected chi connectivity index (χ0v) is 17.8. The van der Waals surface area contributed by atoms with Crippen LogP contribution < -0.4 is 10.1 Å². The molecule has 2 aromatic carbocycles. The number of piperazine rings is 1. The Morgan fingerprint density at radius 2 is 1.87 bits per heavy atom. The van der Waals surface area contributed by atoms with E-state index in [0.29, 0.717) is 35.1 Å². The maximum Gasteiger partial charge on any atom is 0.254 e. The molecule has 0 aromatic heterocycles. The fourth-order valence-electron chi connectivity index (χ4n) is 3.23. The summed E-state index contributed by atoms with van der Waals surface area (Å²) in [5, 5.41) is 13.5. The van der Waals surface area contributed by atoms with Crippen molar-refractivity contribution in [3.8, 4) is 5.75 Å². The maximum atomic E-state index is 12.6. The first-order valence-electron chi connectivity index (χ1n) is 9.83. The second kappa shape index (κ2) is 10.3. The molecule has 0 radical (unpaired) electrons. The summed E-state index contributed by atoms with van der Waals surface area (Å²) in [5.41, 5.74) is 0.976. The molecule has 31 heavy (non-hydrogen) atoms. The predicted octanol–water partition coefficient (Wildman–Crippen LogP) is 2.02. The van der Waals surface area contributed by atoms with Crippen LogP contribution in [-0.4, -0.2) is 71.5 Å². The van der Waals surface area contributed by atoms with Crippen molar-refractivity contribution in [2.45, 2.75) is 13.0 Å². The summed E-state index contributed by atoms with van der Waals surface area (Å²) >= 11 is 5.85. The molecule has 1 fully saturated rings. The van der Waals surface area contributed by atoms with Crippen LogP contribution in [0.1, 0.15) is 17.3 Å². The third-order valence-electron chi connectivity index (χ3n) is 4.76. The first kappa shape index (κ1) is 22.6. The SMILES string of the molecule is CC(=O)Nc1ccccc1OCC(O)CN1CCN(C(=O)c2ccc(Cl)cc2)CC1=O. The number of hydrogen-bond donors (Lipinski definition) is 2. The molecule has 1 heterocycles. The lowest BCUT2D eigenvalue weighted by Gasteiger charge is -2.35.